The van der Waals surface area contributed by atoms with Crippen LogP contribution in [0.3, 0.4) is 0 Å². The first-order valence-corrected chi connectivity index (χ1v) is 12.9. The van der Waals surface area contributed by atoms with Gasteiger partial charge in [0.25, 0.3) is 5.56 Å². The first kappa shape index (κ1) is 22.8. The van der Waals surface area contributed by atoms with Gasteiger partial charge in [0.1, 0.15) is 0 Å². The lowest BCUT2D eigenvalue weighted by Crippen LogP contribution is -2.41. The third-order valence-corrected chi connectivity index (χ3v) is 7.86. The van der Waals surface area contributed by atoms with Gasteiger partial charge < -0.3 is 9.88 Å². The van der Waals surface area contributed by atoms with Crippen LogP contribution in [0, 0.1) is 11.8 Å². The number of benzene rings is 1. The van der Waals surface area contributed by atoms with Crippen molar-refractivity contribution in [2.75, 3.05) is 6.54 Å². The van der Waals surface area contributed by atoms with Crippen molar-refractivity contribution in [2.24, 2.45) is 11.8 Å². The summed E-state index contributed by atoms with van der Waals surface area (Å²) in [6.07, 6.45) is 16.4. The number of aromatic nitrogens is 2. The van der Waals surface area contributed by atoms with Crippen LogP contribution >= 0.6 is 11.6 Å². The molecule has 1 aromatic heterocycles. The molecule has 5 heteroatoms. The van der Waals surface area contributed by atoms with E-state index in [0.29, 0.717) is 6.04 Å². The first-order chi connectivity index (χ1) is 15.2. The number of nitrogens with one attached hydrogen (secondary N) is 1. The van der Waals surface area contributed by atoms with Crippen LogP contribution in [0.25, 0.3) is 11.0 Å². The molecule has 2 aromatic rings. The highest BCUT2D eigenvalue weighted by molar-refractivity contribution is 6.29. The topological polar surface area (TPSA) is 46.9 Å². The number of rotatable bonds is 4. The molecule has 3 fully saturated rings. The maximum atomic E-state index is 12.6. The highest BCUT2D eigenvalue weighted by Crippen LogP contribution is 2.39. The average Bonchev–Trinajstić information content (AvgIpc) is 2.79. The Kier molecular flexibility index (Phi) is 8.06. The van der Waals surface area contributed by atoms with E-state index in [2.05, 4.69) is 17.2 Å². The minimum Gasteiger partial charge on any atom is -0.314 e. The van der Waals surface area contributed by atoms with Gasteiger partial charge in [-0.1, -0.05) is 82.0 Å². The molecule has 0 amide bonds. The van der Waals surface area contributed by atoms with Gasteiger partial charge in [0.2, 0.25) is 0 Å². The van der Waals surface area contributed by atoms with Crippen LogP contribution in [0.15, 0.2) is 29.1 Å². The molecule has 3 aliphatic rings. The Morgan fingerprint density at radius 1 is 1.06 bits per heavy atom. The highest BCUT2D eigenvalue weighted by atomic mass is 35.5. The average molecular weight is 444 g/mol. The second-order valence-electron chi connectivity index (χ2n) is 9.87. The summed E-state index contributed by atoms with van der Waals surface area (Å²) < 4.78 is 1.87. The number of para-hydroxylation sites is 2. The van der Waals surface area contributed by atoms with Crippen LogP contribution in [0.1, 0.15) is 90.0 Å². The summed E-state index contributed by atoms with van der Waals surface area (Å²) in [5.41, 5.74) is 1.51. The SMILES string of the molecule is C1CC2CCCC(C1)C2.CCCCC1CC(n2c(=O)c(Cl)nc3ccccc32)CCN1. The van der Waals surface area contributed by atoms with Crippen molar-refractivity contribution in [1.82, 2.24) is 14.9 Å². The molecular formula is C26H38ClN3O. The van der Waals surface area contributed by atoms with Gasteiger partial charge in [0.15, 0.2) is 5.15 Å². The fraction of sp³-hybridized carbons (Fsp3) is 0.692. The predicted molar refractivity (Wildman–Crippen MR) is 130 cm³/mol. The number of unbranched alkanes of at least 4 members (excludes halogenated alkanes) is 1. The molecule has 0 radical (unpaired) electrons. The molecule has 0 spiro atoms. The smallest absolute Gasteiger partial charge is 0.288 e. The Labute approximate surface area is 191 Å². The zero-order chi connectivity index (χ0) is 21.6. The predicted octanol–water partition coefficient (Wildman–Crippen LogP) is 6.51. The minimum absolute atomic E-state index is 0.0716. The van der Waals surface area contributed by atoms with Crippen LogP contribution in [0.4, 0.5) is 0 Å². The Morgan fingerprint density at radius 3 is 2.45 bits per heavy atom. The number of fused-ring (bicyclic) bond motifs is 3. The zero-order valence-electron chi connectivity index (χ0n) is 19.0. The van der Waals surface area contributed by atoms with Gasteiger partial charge in [0, 0.05) is 12.1 Å². The summed E-state index contributed by atoms with van der Waals surface area (Å²) in [6, 6.07) is 8.42. The molecule has 1 saturated heterocycles. The molecule has 5 rings (SSSR count). The lowest BCUT2D eigenvalue weighted by molar-refractivity contribution is 0.190. The van der Waals surface area contributed by atoms with Crippen molar-refractivity contribution in [1.29, 1.82) is 0 Å². The lowest BCUT2D eigenvalue weighted by atomic mass is 9.72. The summed E-state index contributed by atoms with van der Waals surface area (Å²) in [5.74, 6) is 2.30. The molecule has 1 aliphatic heterocycles. The van der Waals surface area contributed by atoms with E-state index in [-0.39, 0.29) is 16.8 Å². The molecule has 2 aliphatic carbocycles. The third kappa shape index (κ3) is 5.70. The molecule has 1 N–H and O–H groups in total. The number of hydrogen-bond acceptors (Lipinski definition) is 3. The van der Waals surface area contributed by atoms with E-state index in [4.69, 9.17) is 11.6 Å². The van der Waals surface area contributed by atoms with Gasteiger partial charge in [-0.05, 0) is 56.2 Å². The van der Waals surface area contributed by atoms with E-state index in [0.717, 1.165) is 42.3 Å². The van der Waals surface area contributed by atoms with Gasteiger partial charge in [-0.3, -0.25) is 4.79 Å². The fourth-order valence-electron chi connectivity index (χ4n) is 6.00. The lowest BCUT2D eigenvalue weighted by Gasteiger charge is -2.33. The Morgan fingerprint density at radius 2 is 1.77 bits per heavy atom. The van der Waals surface area contributed by atoms with Crippen molar-refractivity contribution in [2.45, 2.75) is 96.1 Å². The highest BCUT2D eigenvalue weighted by Gasteiger charge is 2.26. The molecule has 31 heavy (non-hydrogen) atoms. The molecule has 2 saturated carbocycles. The molecule has 2 heterocycles. The second-order valence-corrected chi connectivity index (χ2v) is 10.2. The van der Waals surface area contributed by atoms with Crippen LogP contribution in [-0.4, -0.2) is 22.1 Å². The monoisotopic (exact) mass is 443 g/mol. The van der Waals surface area contributed by atoms with E-state index in [1.54, 1.807) is 32.1 Å². The summed E-state index contributed by atoms with van der Waals surface area (Å²) in [4.78, 5) is 16.8. The molecule has 4 nitrogen and oxygen atoms in total. The van der Waals surface area contributed by atoms with Crippen molar-refractivity contribution in [3.63, 3.8) is 0 Å². The maximum Gasteiger partial charge on any atom is 0.288 e. The number of nitrogens with zero attached hydrogens (tertiary/aromatic N) is 2. The van der Waals surface area contributed by atoms with Crippen LogP contribution in [0.5, 0.6) is 0 Å². The third-order valence-electron chi connectivity index (χ3n) is 7.61. The van der Waals surface area contributed by atoms with Crippen molar-refractivity contribution >= 4 is 22.6 Å². The van der Waals surface area contributed by atoms with Crippen molar-refractivity contribution in [3.8, 4) is 0 Å². The number of piperidine rings is 1. The van der Waals surface area contributed by atoms with E-state index in [1.165, 1.54) is 32.1 Å². The summed E-state index contributed by atoms with van der Waals surface area (Å²) >= 11 is 6.07. The van der Waals surface area contributed by atoms with Gasteiger partial charge >= 0.3 is 0 Å². The summed E-state index contributed by atoms with van der Waals surface area (Å²) in [7, 11) is 0. The van der Waals surface area contributed by atoms with Crippen LogP contribution in [-0.2, 0) is 0 Å². The van der Waals surface area contributed by atoms with E-state index in [9.17, 15) is 4.79 Å². The van der Waals surface area contributed by atoms with Gasteiger partial charge in [-0.25, -0.2) is 4.98 Å². The molecule has 170 valence electrons. The van der Waals surface area contributed by atoms with E-state index >= 15 is 0 Å². The normalized spacial score (nSPS) is 28.1. The quantitative estimate of drug-likeness (QED) is 0.585. The van der Waals surface area contributed by atoms with Crippen LogP contribution in [0.2, 0.25) is 5.15 Å². The minimum atomic E-state index is -0.165. The van der Waals surface area contributed by atoms with Gasteiger partial charge in [-0.15, -0.1) is 0 Å². The Balaban J connectivity index is 0.000000212. The molecule has 1 aromatic carbocycles. The maximum absolute atomic E-state index is 12.6. The van der Waals surface area contributed by atoms with E-state index < -0.39 is 0 Å². The molecule has 2 atom stereocenters. The van der Waals surface area contributed by atoms with Gasteiger partial charge in [-0.2, -0.15) is 0 Å². The molecule has 2 unspecified atom stereocenters. The van der Waals surface area contributed by atoms with Crippen molar-refractivity contribution < 1.29 is 0 Å². The van der Waals surface area contributed by atoms with E-state index in [1.807, 2.05) is 28.8 Å². The summed E-state index contributed by atoms with van der Waals surface area (Å²) in [5, 5.41) is 3.64. The first-order valence-electron chi connectivity index (χ1n) is 12.6. The fourth-order valence-corrected chi connectivity index (χ4v) is 6.18. The largest absolute Gasteiger partial charge is 0.314 e. The van der Waals surface area contributed by atoms with Crippen LogP contribution < -0.4 is 10.9 Å². The Bertz CT molecular complexity index is 891. The van der Waals surface area contributed by atoms with Crippen molar-refractivity contribution in [3.05, 3.63) is 39.8 Å². The number of hydrogen-bond donors (Lipinski definition) is 1. The standard InChI is InChI=1S/C17H22ClN3O.C9H16/c1-2-3-6-12-11-13(9-10-19-12)21-15-8-5-4-7-14(15)20-16(18)17(21)22;1-3-8-5-2-6-9(4-1)7-8/h4-5,7-8,12-13,19H,2-3,6,9-11H2,1H3;8-9H,1-7H2. The Hall–Kier alpha value is -1.39. The number of halogens is 1. The molecule has 2 bridgehead atoms. The zero-order valence-corrected chi connectivity index (χ0v) is 19.7. The molecular weight excluding hydrogens is 406 g/mol. The second kappa shape index (κ2) is 11.0. The van der Waals surface area contributed by atoms with Gasteiger partial charge in [0.05, 0.1) is 11.0 Å². The summed E-state index contributed by atoms with van der Waals surface area (Å²) in [6.45, 7) is 3.15.